The van der Waals surface area contributed by atoms with Gasteiger partial charge >= 0.3 is 0 Å². The van der Waals surface area contributed by atoms with E-state index in [-0.39, 0.29) is 11.5 Å². The molecule has 0 atom stereocenters. The third kappa shape index (κ3) is 2.36. The number of rotatable bonds is 4. The summed E-state index contributed by atoms with van der Waals surface area (Å²) in [4.78, 5) is 20.7. The Bertz CT molecular complexity index is 627. The molecular weight excluding hydrogens is 254 g/mol. The number of anilines is 1. The van der Waals surface area contributed by atoms with Crippen LogP contribution in [-0.2, 0) is 9.53 Å². The first kappa shape index (κ1) is 13.0. The van der Waals surface area contributed by atoms with Crippen LogP contribution in [0.15, 0.2) is 30.6 Å². The molecule has 0 spiro atoms. The lowest BCUT2D eigenvalue weighted by molar-refractivity contribution is -0.129. The average Bonchev–Trinajstić information content (AvgIpc) is 2.43. The van der Waals surface area contributed by atoms with Gasteiger partial charge in [0.15, 0.2) is 0 Å². The summed E-state index contributed by atoms with van der Waals surface area (Å²) in [6, 6.07) is 5.57. The smallest absolute Gasteiger partial charge is 0.228 e. The number of amides is 1. The number of methoxy groups -OCH3 is 1. The third-order valence-corrected chi connectivity index (χ3v) is 3.97. The molecular formula is C15H17N3O2. The summed E-state index contributed by atoms with van der Waals surface area (Å²) < 4.78 is 5.48. The first-order chi connectivity index (χ1) is 9.72. The lowest BCUT2D eigenvalue weighted by Crippen LogP contribution is -2.42. The Morgan fingerprint density at radius 3 is 2.90 bits per heavy atom. The summed E-state index contributed by atoms with van der Waals surface area (Å²) in [5, 5.41) is 3.72. The fourth-order valence-electron chi connectivity index (χ4n) is 2.60. The molecule has 1 N–H and O–H groups in total. The summed E-state index contributed by atoms with van der Waals surface area (Å²) >= 11 is 0. The van der Waals surface area contributed by atoms with Crippen molar-refractivity contribution in [3.63, 3.8) is 0 Å². The molecule has 0 unspecified atom stereocenters. The van der Waals surface area contributed by atoms with Crippen LogP contribution in [0.25, 0.3) is 10.9 Å². The SMILES string of the molecule is COC1(CC(=O)Nc2nccc3ncccc23)CCC1. The van der Waals surface area contributed by atoms with Crippen LogP contribution in [0.2, 0.25) is 0 Å². The standard InChI is InChI=1S/C15H17N3O2/c1-20-15(6-3-7-15)10-13(19)18-14-11-4-2-8-16-12(11)5-9-17-14/h2,4-5,8-9H,3,6-7,10H2,1H3,(H,17,18,19). The van der Waals surface area contributed by atoms with E-state index in [1.165, 1.54) is 0 Å². The minimum Gasteiger partial charge on any atom is -0.378 e. The maximum atomic E-state index is 12.2. The fraction of sp³-hybridized carbons (Fsp3) is 0.400. The average molecular weight is 271 g/mol. The Morgan fingerprint density at radius 2 is 2.20 bits per heavy atom. The van der Waals surface area contributed by atoms with Crippen LogP contribution in [0.3, 0.4) is 0 Å². The molecule has 1 aliphatic carbocycles. The van der Waals surface area contributed by atoms with Crippen molar-refractivity contribution >= 4 is 22.6 Å². The molecule has 0 aliphatic heterocycles. The van der Waals surface area contributed by atoms with Crippen molar-refractivity contribution in [2.75, 3.05) is 12.4 Å². The molecule has 5 nitrogen and oxygen atoms in total. The highest BCUT2D eigenvalue weighted by molar-refractivity contribution is 5.99. The van der Waals surface area contributed by atoms with Crippen molar-refractivity contribution in [2.24, 2.45) is 0 Å². The highest BCUT2D eigenvalue weighted by Crippen LogP contribution is 2.38. The van der Waals surface area contributed by atoms with Gasteiger partial charge in [-0.2, -0.15) is 0 Å². The van der Waals surface area contributed by atoms with E-state index >= 15 is 0 Å². The molecule has 1 aliphatic rings. The van der Waals surface area contributed by atoms with Gasteiger partial charge in [0.2, 0.25) is 5.91 Å². The molecule has 104 valence electrons. The van der Waals surface area contributed by atoms with Crippen LogP contribution in [0.1, 0.15) is 25.7 Å². The van der Waals surface area contributed by atoms with Gasteiger partial charge in [-0.05, 0) is 37.5 Å². The van der Waals surface area contributed by atoms with Gasteiger partial charge in [0.1, 0.15) is 5.82 Å². The second-order valence-electron chi connectivity index (χ2n) is 5.20. The van der Waals surface area contributed by atoms with Crippen LogP contribution >= 0.6 is 0 Å². The third-order valence-electron chi connectivity index (χ3n) is 3.97. The zero-order chi connectivity index (χ0) is 14.0. The Labute approximate surface area is 117 Å². The van der Waals surface area contributed by atoms with Gasteiger partial charge in [0.25, 0.3) is 0 Å². The highest BCUT2D eigenvalue weighted by Gasteiger charge is 2.39. The molecule has 1 saturated carbocycles. The second-order valence-corrected chi connectivity index (χ2v) is 5.20. The van der Waals surface area contributed by atoms with Crippen molar-refractivity contribution in [2.45, 2.75) is 31.3 Å². The van der Waals surface area contributed by atoms with E-state index in [0.29, 0.717) is 12.2 Å². The van der Waals surface area contributed by atoms with Crippen LogP contribution in [0, 0.1) is 0 Å². The van der Waals surface area contributed by atoms with Crippen LogP contribution in [-0.4, -0.2) is 28.6 Å². The Balaban J connectivity index is 1.77. The van der Waals surface area contributed by atoms with E-state index in [2.05, 4.69) is 15.3 Å². The predicted molar refractivity (Wildman–Crippen MR) is 76.4 cm³/mol. The lowest BCUT2D eigenvalue weighted by atomic mass is 9.77. The van der Waals surface area contributed by atoms with Gasteiger partial charge in [0, 0.05) is 24.9 Å². The highest BCUT2D eigenvalue weighted by atomic mass is 16.5. The molecule has 2 heterocycles. The summed E-state index contributed by atoms with van der Waals surface area (Å²) in [5.41, 5.74) is 0.551. The molecule has 0 radical (unpaired) electrons. The molecule has 0 saturated heterocycles. The minimum atomic E-state index is -0.271. The van der Waals surface area contributed by atoms with Crippen LogP contribution in [0.4, 0.5) is 5.82 Å². The number of nitrogens with one attached hydrogen (secondary N) is 1. The minimum absolute atomic E-state index is 0.0598. The number of hydrogen-bond acceptors (Lipinski definition) is 4. The van der Waals surface area contributed by atoms with Gasteiger partial charge in [0.05, 0.1) is 17.5 Å². The zero-order valence-corrected chi connectivity index (χ0v) is 11.4. The van der Waals surface area contributed by atoms with Crippen LogP contribution < -0.4 is 5.32 Å². The monoisotopic (exact) mass is 271 g/mol. The van der Waals surface area contributed by atoms with E-state index in [1.54, 1.807) is 19.5 Å². The molecule has 1 amide bonds. The number of hydrogen-bond donors (Lipinski definition) is 1. The van der Waals surface area contributed by atoms with E-state index in [9.17, 15) is 4.79 Å². The Morgan fingerprint density at radius 1 is 1.35 bits per heavy atom. The number of nitrogens with zero attached hydrogens (tertiary/aromatic N) is 2. The van der Waals surface area contributed by atoms with Crippen molar-refractivity contribution in [3.8, 4) is 0 Å². The molecule has 2 aromatic rings. The number of carbonyl (C=O) groups is 1. The number of fused-ring (bicyclic) bond motifs is 1. The maximum Gasteiger partial charge on any atom is 0.228 e. The van der Waals surface area contributed by atoms with Gasteiger partial charge in [-0.1, -0.05) is 0 Å². The summed E-state index contributed by atoms with van der Waals surface area (Å²) in [7, 11) is 1.67. The predicted octanol–water partition coefficient (Wildman–Crippen LogP) is 2.53. The van der Waals surface area contributed by atoms with Gasteiger partial charge in [-0.3, -0.25) is 9.78 Å². The van der Waals surface area contributed by atoms with Crippen molar-refractivity contribution in [3.05, 3.63) is 30.6 Å². The first-order valence-electron chi connectivity index (χ1n) is 6.77. The summed E-state index contributed by atoms with van der Waals surface area (Å²) in [6.07, 6.45) is 6.77. The first-order valence-corrected chi connectivity index (χ1v) is 6.77. The van der Waals surface area contributed by atoms with Gasteiger partial charge in [-0.25, -0.2) is 4.98 Å². The zero-order valence-electron chi connectivity index (χ0n) is 11.4. The molecule has 5 heteroatoms. The molecule has 0 bridgehead atoms. The Kier molecular flexibility index (Phi) is 3.36. The fourth-order valence-corrected chi connectivity index (χ4v) is 2.60. The lowest BCUT2D eigenvalue weighted by Gasteiger charge is -2.39. The van der Waals surface area contributed by atoms with Crippen LogP contribution in [0.5, 0.6) is 0 Å². The molecule has 1 fully saturated rings. The van der Waals surface area contributed by atoms with E-state index in [1.807, 2.05) is 18.2 Å². The number of aromatic nitrogens is 2. The maximum absolute atomic E-state index is 12.2. The van der Waals surface area contributed by atoms with Crippen molar-refractivity contribution < 1.29 is 9.53 Å². The van der Waals surface area contributed by atoms with Crippen molar-refractivity contribution in [1.29, 1.82) is 0 Å². The Hall–Kier alpha value is -2.01. The second kappa shape index (κ2) is 5.17. The molecule has 0 aromatic carbocycles. The summed E-state index contributed by atoms with van der Waals surface area (Å²) in [6.45, 7) is 0. The molecule has 3 rings (SSSR count). The van der Waals surface area contributed by atoms with E-state index in [0.717, 1.165) is 30.2 Å². The van der Waals surface area contributed by atoms with Gasteiger partial charge < -0.3 is 10.1 Å². The number of ether oxygens (including phenoxy) is 1. The largest absolute Gasteiger partial charge is 0.378 e. The molecule has 2 aromatic heterocycles. The van der Waals surface area contributed by atoms with E-state index in [4.69, 9.17) is 4.74 Å². The van der Waals surface area contributed by atoms with Crippen molar-refractivity contribution in [1.82, 2.24) is 9.97 Å². The molecule has 20 heavy (non-hydrogen) atoms. The topological polar surface area (TPSA) is 64.1 Å². The van der Waals surface area contributed by atoms with E-state index < -0.39 is 0 Å². The normalized spacial score (nSPS) is 16.6. The van der Waals surface area contributed by atoms with Gasteiger partial charge in [-0.15, -0.1) is 0 Å². The summed E-state index contributed by atoms with van der Waals surface area (Å²) in [5.74, 6) is 0.501. The number of carbonyl (C=O) groups excluding carboxylic acids is 1. The number of pyridine rings is 2. The quantitative estimate of drug-likeness (QED) is 0.928.